The molecular weight excluding hydrogens is 411 g/mol. The fraction of sp³-hybridized carbons (Fsp3) is 0.250. The zero-order valence-electron chi connectivity index (χ0n) is 16.4. The zero-order chi connectivity index (χ0) is 21.5. The highest BCUT2D eigenvalue weighted by Crippen LogP contribution is 2.30. The van der Waals surface area contributed by atoms with Crippen LogP contribution in [0.4, 0.5) is 10.1 Å². The number of rotatable bonds is 6. The van der Waals surface area contributed by atoms with E-state index in [0.29, 0.717) is 11.3 Å². The number of halogens is 1. The molecule has 0 atom stereocenters. The minimum absolute atomic E-state index is 0.0426. The highest BCUT2D eigenvalue weighted by atomic mass is 32.2. The van der Waals surface area contributed by atoms with E-state index in [1.807, 2.05) is 0 Å². The third-order valence-electron chi connectivity index (χ3n) is 5.06. The predicted octanol–water partition coefficient (Wildman–Crippen LogP) is 2.26. The molecular formula is C20H19FN4O4S. The van der Waals surface area contributed by atoms with Gasteiger partial charge >= 0.3 is 0 Å². The van der Waals surface area contributed by atoms with E-state index in [1.165, 1.54) is 40.5 Å². The molecule has 1 aliphatic heterocycles. The molecule has 0 aliphatic carbocycles. The molecule has 156 valence electrons. The Kier molecular flexibility index (Phi) is 5.12. The van der Waals surface area contributed by atoms with Crippen molar-refractivity contribution in [3.63, 3.8) is 0 Å². The van der Waals surface area contributed by atoms with Gasteiger partial charge in [-0.15, -0.1) is 0 Å². The van der Waals surface area contributed by atoms with Gasteiger partial charge in [-0.05, 0) is 35.9 Å². The van der Waals surface area contributed by atoms with Crippen LogP contribution in [0, 0.1) is 5.82 Å². The van der Waals surface area contributed by atoms with Crippen LogP contribution in [-0.4, -0.2) is 49.4 Å². The van der Waals surface area contributed by atoms with Crippen molar-refractivity contribution in [3.8, 4) is 11.5 Å². The first-order chi connectivity index (χ1) is 14.3. The molecule has 10 heteroatoms. The highest BCUT2D eigenvalue weighted by molar-refractivity contribution is 7.89. The second-order valence-corrected chi connectivity index (χ2v) is 9.04. The number of aromatic nitrogens is 2. The van der Waals surface area contributed by atoms with Crippen LogP contribution in [0.3, 0.4) is 0 Å². The Balaban J connectivity index is 1.47. The molecule has 0 saturated heterocycles. The molecule has 0 fully saturated rings. The monoisotopic (exact) mass is 430 g/mol. The predicted molar refractivity (Wildman–Crippen MR) is 107 cm³/mol. The van der Waals surface area contributed by atoms with E-state index in [1.54, 1.807) is 25.2 Å². The fourth-order valence-electron chi connectivity index (χ4n) is 3.26. The molecule has 1 aromatic heterocycles. The van der Waals surface area contributed by atoms with Crippen molar-refractivity contribution in [2.24, 2.45) is 0 Å². The third-order valence-corrected chi connectivity index (χ3v) is 6.91. The van der Waals surface area contributed by atoms with Gasteiger partial charge in [0.15, 0.2) is 5.82 Å². The number of benzene rings is 2. The van der Waals surface area contributed by atoms with Crippen LogP contribution in [0.15, 0.2) is 51.9 Å². The summed E-state index contributed by atoms with van der Waals surface area (Å²) in [5.74, 6) is -0.235. The van der Waals surface area contributed by atoms with Gasteiger partial charge < -0.3 is 9.42 Å². The second-order valence-electron chi connectivity index (χ2n) is 6.99. The van der Waals surface area contributed by atoms with Crippen LogP contribution < -0.4 is 4.90 Å². The average molecular weight is 430 g/mol. The van der Waals surface area contributed by atoms with Gasteiger partial charge in [0.2, 0.25) is 15.9 Å². The summed E-state index contributed by atoms with van der Waals surface area (Å²) in [6.07, 6.45) is 0.375. The topological polar surface area (TPSA) is 96.6 Å². The first-order valence-electron chi connectivity index (χ1n) is 9.20. The first-order valence-corrected chi connectivity index (χ1v) is 10.6. The number of sulfonamides is 1. The minimum Gasteiger partial charge on any atom is -0.334 e. The molecule has 0 N–H and O–H groups in total. The molecule has 0 unspecified atom stereocenters. The largest absolute Gasteiger partial charge is 0.334 e. The molecule has 0 bridgehead atoms. The summed E-state index contributed by atoms with van der Waals surface area (Å²) in [4.78, 5) is 17.6. The van der Waals surface area contributed by atoms with Crippen LogP contribution in [-0.2, 0) is 27.7 Å². The van der Waals surface area contributed by atoms with E-state index in [4.69, 9.17) is 4.52 Å². The Morgan fingerprint density at radius 2 is 2.00 bits per heavy atom. The van der Waals surface area contributed by atoms with Crippen molar-refractivity contribution in [1.82, 2.24) is 14.4 Å². The van der Waals surface area contributed by atoms with Gasteiger partial charge in [0.05, 0.1) is 16.9 Å². The van der Waals surface area contributed by atoms with Crippen LogP contribution >= 0.6 is 0 Å². The molecule has 1 amide bonds. The lowest BCUT2D eigenvalue weighted by Crippen LogP contribution is -2.29. The Hall–Kier alpha value is -3.11. The molecule has 4 rings (SSSR count). The van der Waals surface area contributed by atoms with Crippen molar-refractivity contribution in [1.29, 1.82) is 0 Å². The number of fused-ring (bicyclic) bond motifs is 1. The maximum absolute atomic E-state index is 13.8. The van der Waals surface area contributed by atoms with E-state index in [0.717, 1.165) is 0 Å². The first kappa shape index (κ1) is 20.2. The average Bonchev–Trinajstić information content (AvgIpc) is 3.30. The van der Waals surface area contributed by atoms with Crippen molar-refractivity contribution in [3.05, 3.63) is 59.7 Å². The van der Waals surface area contributed by atoms with Gasteiger partial charge in [-0.2, -0.15) is 4.98 Å². The van der Waals surface area contributed by atoms with Crippen molar-refractivity contribution in [2.45, 2.75) is 17.7 Å². The normalized spacial score (nSPS) is 13.9. The molecule has 0 radical (unpaired) electrons. The Morgan fingerprint density at radius 3 is 2.77 bits per heavy atom. The highest BCUT2D eigenvalue weighted by Gasteiger charge is 2.28. The Bertz CT molecular complexity index is 1230. The molecule has 8 nitrogen and oxygen atoms in total. The fourth-order valence-corrected chi connectivity index (χ4v) is 4.49. The Morgan fingerprint density at radius 1 is 1.23 bits per heavy atom. The molecule has 1 aliphatic rings. The molecule has 30 heavy (non-hydrogen) atoms. The summed E-state index contributed by atoms with van der Waals surface area (Å²) < 4.78 is 45.9. The Labute approximate surface area is 173 Å². The van der Waals surface area contributed by atoms with Gasteiger partial charge in [-0.25, -0.2) is 17.1 Å². The molecule has 0 saturated carbocycles. The van der Waals surface area contributed by atoms with E-state index in [9.17, 15) is 17.6 Å². The number of carbonyl (C=O) groups excluding carboxylic acids is 1. The number of nitrogens with zero attached hydrogens (tertiary/aromatic N) is 4. The van der Waals surface area contributed by atoms with Gasteiger partial charge in [0.25, 0.3) is 5.89 Å². The van der Waals surface area contributed by atoms with Crippen LogP contribution in [0.25, 0.3) is 11.5 Å². The molecule has 2 aromatic carbocycles. The maximum Gasteiger partial charge on any atom is 0.260 e. The molecule has 0 spiro atoms. The number of amides is 1. The van der Waals surface area contributed by atoms with Crippen LogP contribution in [0.5, 0.6) is 0 Å². The van der Waals surface area contributed by atoms with Gasteiger partial charge in [-0.1, -0.05) is 17.3 Å². The number of carbonyl (C=O) groups is 1. The van der Waals surface area contributed by atoms with Crippen LogP contribution in [0.2, 0.25) is 0 Å². The van der Waals surface area contributed by atoms with E-state index in [-0.39, 0.29) is 47.5 Å². The van der Waals surface area contributed by atoms with E-state index < -0.39 is 15.8 Å². The van der Waals surface area contributed by atoms with Gasteiger partial charge in [0.1, 0.15) is 5.82 Å². The lowest BCUT2D eigenvalue weighted by molar-refractivity contribution is -0.117. The standard InChI is InChI=1S/C20H19FN4O4S/c1-24(10-9-18-22-20(29-23-18)15-5-3-4-6-16(15)21)30(27,28)14-7-8-17-13(11-14)12-19(26)25(17)2/h3-8,11H,9-10,12H2,1-2H3. The van der Waals surface area contributed by atoms with Crippen LogP contribution in [0.1, 0.15) is 11.4 Å². The van der Waals surface area contributed by atoms with Crippen molar-refractivity contribution < 1.29 is 22.1 Å². The zero-order valence-corrected chi connectivity index (χ0v) is 17.2. The molecule has 2 heterocycles. The summed E-state index contributed by atoms with van der Waals surface area (Å²) >= 11 is 0. The maximum atomic E-state index is 13.8. The summed E-state index contributed by atoms with van der Waals surface area (Å²) in [5.41, 5.74) is 1.59. The number of anilines is 1. The molecule has 3 aromatic rings. The van der Waals surface area contributed by atoms with Gasteiger partial charge in [0, 0.05) is 32.7 Å². The lowest BCUT2D eigenvalue weighted by atomic mass is 10.2. The number of likely N-dealkylation sites (N-methyl/N-ethyl adjacent to an activating group) is 2. The second kappa shape index (κ2) is 7.62. The van der Waals surface area contributed by atoms with Crippen molar-refractivity contribution >= 4 is 21.6 Å². The van der Waals surface area contributed by atoms with E-state index >= 15 is 0 Å². The lowest BCUT2D eigenvalue weighted by Gasteiger charge is -2.17. The van der Waals surface area contributed by atoms with E-state index in [2.05, 4.69) is 10.1 Å². The third kappa shape index (κ3) is 3.59. The summed E-state index contributed by atoms with van der Waals surface area (Å²) in [5, 5.41) is 3.81. The summed E-state index contributed by atoms with van der Waals surface area (Å²) in [6.45, 7) is 0.106. The number of hydrogen-bond donors (Lipinski definition) is 0. The van der Waals surface area contributed by atoms with Crippen molar-refractivity contribution in [2.75, 3.05) is 25.5 Å². The minimum atomic E-state index is -3.76. The summed E-state index contributed by atoms with van der Waals surface area (Å²) in [7, 11) is -0.643. The quantitative estimate of drug-likeness (QED) is 0.595. The number of hydrogen-bond acceptors (Lipinski definition) is 6. The summed E-state index contributed by atoms with van der Waals surface area (Å²) in [6, 6.07) is 10.7. The van der Waals surface area contributed by atoms with Gasteiger partial charge in [-0.3, -0.25) is 4.79 Å². The smallest absolute Gasteiger partial charge is 0.260 e. The SMILES string of the molecule is CN1C(=O)Cc2cc(S(=O)(=O)N(C)CCc3noc(-c4ccccc4F)n3)ccc21.